The zero-order chi connectivity index (χ0) is 20.7. The van der Waals surface area contributed by atoms with E-state index >= 15 is 0 Å². The van der Waals surface area contributed by atoms with Gasteiger partial charge in [0, 0.05) is 25.5 Å². The summed E-state index contributed by atoms with van der Waals surface area (Å²) in [6.07, 6.45) is 0. The number of pyridine rings is 1. The van der Waals surface area contributed by atoms with Crippen LogP contribution in [0.1, 0.15) is 25.0 Å². The van der Waals surface area contributed by atoms with Crippen LogP contribution in [0.2, 0.25) is 0 Å². The second-order valence-electron chi connectivity index (χ2n) is 9.11. The van der Waals surface area contributed by atoms with Gasteiger partial charge in [0.25, 0.3) is 0 Å². The first-order valence-electron chi connectivity index (χ1n) is 10.8. The molecule has 2 aliphatic rings. The van der Waals surface area contributed by atoms with Crippen molar-refractivity contribution in [1.82, 2.24) is 4.98 Å². The first-order valence-corrected chi connectivity index (χ1v) is 10.8. The van der Waals surface area contributed by atoms with Crippen LogP contribution >= 0.6 is 0 Å². The summed E-state index contributed by atoms with van der Waals surface area (Å²) < 4.78 is 0. The molecule has 0 saturated carbocycles. The van der Waals surface area contributed by atoms with Crippen molar-refractivity contribution in [3.63, 3.8) is 0 Å². The molecule has 1 heterocycles. The Hall–Kier alpha value is -3.06. The van der Waals surface area contributed by atoms with Crippen LogP contribution < -0.4 is 0 Å². The van der Waals surface area contributed by atoms with Gasteiger partial charge in [-0.1, -0.05) is 91.7 Å². The molecule has 7 rings (SSSR count). The van der Waals surface area contributed by atoms with Gasteiger partial charge in [0.05, 0.1) is 5.52 Å². The minimum atomic E-state index is -0.0246. The van der Waals surface area contributed by atoms with E-state index < -0.39 is 0 Å². The van der Waals surface area contributed by atoms with Gasteiger partial charge < -0.3 is 0 Å². The molecule has 0 unspecified atom stereocenters. The molecule has 32 heavy (non-hydrogen) atoms. The van der Waals surface area contributed by atoms with E-state index in [2.05, 4.69) is 105 Å². The summed E-state index contributed by atoms with van der Waals surface area (Å²) in [5.74, 6) is 0. The van der Waals surface area contributed by atoms with Crippen molar-refractivity contribution < 1.29 is 20.1 Å². The Bertz CT molecular complexity index is 1560. The third kappa shape index (κ3) is 2.40. The zero-order valence-electron chi connectivity index (χ0n) is 17.9. The van der Waals surface area contributed by atoms with Crippen molar-refractivity contribution >= 4 is 10.9 Å². The number of rotatable bonds is 1. The maximum atomic E-state index is 5.16. The minimum Gasteiger partial charge on any atom is -0.296 e. The van der Waals surface area contributed by atoms with Gasteiger partial charge in [0.1, 0.15) is 0 Å². The molecule has 0 fully saturated rings. The second kappa shape index (κ2) is 6.72. The average molecular weight is 587 g/mol. The summed E-state index contributed by atoms with van der Waals surface area (Å²) in [5.41, 5.74) is 13.6. The molecule has 1 aromatic heterocycles. The predicted octanol–water partition coefficient (Wildman–Crippen LogP) is 7.65. The van der Waals surface area contributed by atoms with E-state index in [-0.39, 0.29) is 25.5 Å². The van der Waals surface area contributed by atoms with Crippen molar-refractivity contribution in [2.45, 2.75) is 19.3 Å². The molecule has 2 heteroatoms. The molecule has 2 aliphatic carbocycles. The van der Waals surface area contributed by atoms with Crippen LogP contribution in [0.3, 0.4) is 0 Å². The summed E-state index contributed by atoms with van der Waals surface area (Å²) in [7, 11) is 0. The molecule has 0 N–H and O–H groups in total. The maximum Gasteiger partial charge on any atom is 0.0607 e. The Labute approximate surface area is 201 Å². The number of aromatic nitrogens is 1. The molecule has 1 radical (unpaired) electrons. The smallest absolute Gasteiger partial charge is 0.0607 e. The fourth-order valence-corrected chi connectivity index (χ4v) is 5.70. The first kappa shape index (κ1) is 19.6. The van der Waals surface area contributed by atoms with Crippen molar-refractivity contribution in [3.05, 3.63) is 102 Å². The molecule has 0 amide bonds. The average Bonchev–Trinajstić information content (AvgIpc) is 3.25. The normalized spacial score (nSPS) is 13.9. The van der Waals surface area contributed by atoms with Gasteiger partial charge in [-0.25, -0.2) is 0 Å². The summed E-state index contributed by atoms with van der Waals surface area (Å²) in [4.78, 5) is 5.16. The van der Waals surface area contributed by atoms with Crippen molar-refractivity contribution in [1.29, 1.82) is 0 Å². The second-order valence-corrected chi connectivity index (χ2v) is 9.11. The number of hydrogen-bond donors (Lipinski definition) is 0. The summed E-state index contributed by atoms with van der Waals surface area (Å²) in [6.45, 7) is 4.63. The maximum absolute atomic E-state index is 5.16. The SMILES string of the molecule is CC1(C)c2ccccc2-c2c(-c3cc4c5c(cccc5n3)-c3ccccc3-4)[c-]ccc21.[Ir]. The summed E-state index contributed by atoms with van der Waals surface area (Å²) in [5, 5.41) is 1.26. The quantitative estimate of drug-likeness (QED) is 0.180. The van der Waals surface area contributed by atoms with Gasteiger partial charge in [-0.05, 0) is 45.0 Å². The van der Waals surface area contributed by atoms with E-state index in [4.69, 9.17) is 4.98 Å². The van der Waals surface area contributed by atoms with Crippen LogP contribution in [0, 0.1) is 6.07 Å². The summed E-state index contributed by atoms with van der Waals surface area (Å²) in [6, 6.07) is 34.1. The van der Waals surface area contributed by atoms with Gasteiger partial charge in [-0.3, -0.25) is 4.98 Å². The van der Waals surface area contributed by atoms with Gasteiger partial charge in [-0.15, -0.1) is 29.3 Å². The minimum absolute atomic E-state index is 0. The Balaban J connectivity index is 0.00000196. The number of nitrogens with zero attached hydrogens (tertiary/aromatic N) is 1. The Kier molecular flexibility index (Phi) is 4.12. The summed E-state index contributed by atoms with van der Waals surface area (Å²) >= 11 is 0. The van der Waals surface area contributed by atoms with E-state index in [1.165, 1.54) is 49.9 Å². The third-order valence-corrected chi connectivity index (χ3v) is 7.14. The molecule has 0 atom stereocenters. The van der Waals surface area contributed by atoms with Crippen LogP contribution in [-0.2, 0) is 25.5 Å². The Morgan fingerprint density at radius 2 is 1.38 bits per heavy atom. The van der Waals surface area contributed by atoms with E-state index in [1.54, 1.807) is 0 Å². The monoisotopic (exact) mass is 587 g/mol. The van der Waals surface area contributed by atoms with Crippen LogP contribution in [0.5, 0.6) is 0 Å². The Morgan fingerprint density at radius 3 is 2.19 bits per heavy atom. The van der Waals surface area contributed by atoms with Crippen LogP contribution in [0.25, 0.3) is 55.5 Å². The van der Waals surface area contributed by atoms with Gasteiger partial charge in [-0.2, -0.15) is 0 Å². The Morgan fingerprint density at radius 1 is 0.688 bits per heavy atom. The molecule has 0 spiro atoms. The molecule has 0 saturated heterocycles. The van der Waals surface area contributed by atoms with Crippen LogP contribution in [0.4, 0.5) is 0 Å². The molecule has 1 nitrogen and oxygen atoms in total. The van der Waals surface area contributed by atoms with Crippen molar-refractivity contribution in [2.24, 2.45) is 0 Å². The largest absolute Gasteiger partial charge is 0.296 e. The van der Waals surface area contributed by atoms with Crippen molar-refractivity contribution in [3.8, 4) is 44.6 Å². The van der Waals surface area contributed by atoms with E-state index in [9.17, 15) is 0 Å². The molecule has 4 aromatic carbocycles. The fourth-order valence-electron chi connectivity index (χ4n) is 5.70. The molecule has 0 bridgehead atoms. The van der Waals surface area contributed by atoms with Gasteiger partial charge in [0.2, 0.25) is 0 Å². The first-order chi connectivity index (χ1) is 15.1. The standard InChI is InChI=1S/C30H20N.Ir/c1-30(2)24-14-6-5-11-21(24)28-22(13-7-15-25(28)30)27-17-23-19-10-4-3-9-18(19)20-12-8-16-26(31-27)29(20)23;/h3-12,14-17H,1-2H3;/q-1;. The fraction of sp³-hybridized carbons (Fsp3) is 0.100. The van der Waals surface area contributed by atoms with Crippen LogP contribution in [0.15, 0.2) is 84.9 Å². The molecule has 155 valence electrons. The molecular formula is C30H20IrN-. The third-order valence-electron chi connectivity index (χ3n) is 7.14. The molecular weight excluding hydrogens is 567 g/mol. The number of fused-ring (bicyclic) bond motifs is 6. The topological polar surface area (TPSA) is 12.9 Å². The van der Waals surface area contributed by atoms with Gasteiger partial charge >= 0.3 is 0 Å². The number of hydrogen-bond acceptors (Lipinski definition) is 1. The van der Waals surface area contributed by atoms with Crippen molar-refractivity contribution in [2.75, 3.05) is 0 Å². The predicted molar refractivity (Wildman–Crippen MR) is 128 cm³/mol. The van der Waals surface area contributed by atoms with E-state index in [0.29, 0.717) is 0 Å². The molecule has 5 aromatic rings. The zero-order valence-corrected chi connectivity index (χ0v) is 20.3. The van der Waals surface area contributed by atoms with E-state index in [1.807, 2.05) is 0 Å². The van der Waals surface area contributed by atoms with Crippen LogP contribution in [-0.4, -0.2) is 4.98 Å². The number of benzene rings is 4. The van der Waals surface area contributed by atoms with Gasteiger partial charge in [0.15, 0.2) is 0 Å². The van der Waals surface area contributed by atoms with E-state index in [0.717, 1.165) is 16.8 Å². The molecule has 0 aliphatic heterocycles.